The summed E-state index contributed by atoms with van der Waals surface area (Å²) in [5.41, 5.74) is 2.53. The van der Waals surface area contributed by atoms with Gasteiger partial charge in [0, 0.05) is 10.8 Å². The van der Waals surface area contributed by atoms with Crippen molar-refractivity contribution in [3.8, 4) is 0 Å². The van der Waals surface area contributed by atoms with E-state index in [1.165, 1.54) is 0 Å². The van der Waals surface area contributed by atoms with Crippen LogP contribution in [0.3, 0.4) is 0 Å². The summed E-state index contributed by atoms with van der Waals surface area (Å²) in [6.45, 7) is 1.63. The van der Waals surface area contributed by atoms with Gasteiger partial charge in [-0.2, -0.15) is 0 Å². The summed E-state index contributed by atoms with van der Waals surface area (Å²) in [5, 5.41) is 14.1. The van der Waals surface area contributed by atoms with E-state index in [9.17, 15) is 4.79 Å². The first-order valence-electron chi connectivity index (χ1n) is 6.43. The molecule has 0 radical (unpaired) electrons. The van der Waals surface area contributed by atoms with Crippen molar-refractivity contribution in [2.45, 2.75) is 13.0 Å². The van der Waals surface area contributed by atoms with Gasteiger partial charge >= 0.3 is 5.97 Å². The highest BCUT2D eigenvalue weighted by molar-refractivity contribution is 6.08. The molecule has 4 heteroatoms. The number of nitrogens with one attached hydrogen (secondary N) is 1. The highest BCUT2D eigenvalue weighted by Crippen LogP contribution is 2.30. The highest BCUT2D eigenvalue weighted by Gasteiger charge is 2.14. The number of hydrogen-bond donors (Lipinski definition) is 2. The van der Waals surface area contributed by atoms with Crippen LogP contribution >= 0.6 is 0 Å². The van der Waals surface area contributed by atoms with Crippen molar-refractivity contribution in [2.75, 3.05) is 5.32 Å². The van der Waals surface area contributed by atoms with Gasteiger partial charge in [0.2, 0.25) is 0 Å². The van der Waals surface area contributed by atoms with Gasteiger partial charge in [-0.3, -0.25) is 4.79 Å². The number of fused-ring (bicyclic) bond motifs is 2. The van der Waals surface area contributed by atoms with E-state index in [4.69, 9.17) is 5.11 Å². The first-order chi connectivity index (χ1) is 9.66. The Bertz CT molecular complexity index is 745. The number of aromatic nitrogens is 1. The number of anilines is 1. The summed E-state index contributed by atoms with van der Waals surface area (Å²) in [6, 6.07) is 14.8. The molecule has 2 N–H and O–H groups in total. The number of aliphatic carboxylic acids is 1. The maximum Gasteiger partial charge on any atom is 0.325 e. The van der Waals surface area contributed by atoms with Crippen molar-refractivity contribution in [1.29, 1.82) is 0 Å². The third-order valence-corrected chi connectivity index (χ3v) is 3.32. The van der Waals surface area contributed by atoms with Crippen LogP contribution in [0, 0.1) is 0 Å². The molecule has 1 atom stereocenters. The lowest BCUT2D eigenvalue weighted by Gasteiger charge is -2.15. The number of nitrogens with zero attached hydrogens (tertiary/aromatic N) is 1. The highest BCUT2D eigenvalue weighted by atomic mass is 16.4. The SMILES string of the molecule is C[C@H](Nc1c2ccccc2nc2ccccc12)C(=O)O. The molecule has 0 spiro atoms. The number of rotatable bonds is 3. The maximum atomic E-state index is 11.1. The average molecular weight is 266 g/mol. The molecule has 3 rings (SSSR count). The van der Waals surface area contributed by atoms with Crippen LogP contribution in [0.5, 0.6) is 0 Å². The Morgan fingerprint density at radius 2 is 1.55 bits per heavy atom. The van der Waals surface area contributed by atoms with Crippen LogP contribution in [0.1, 0.15) is 6.92 Å². The van der Waals surface area contributed by atoms with E-state index in [0.29, 0.717) is 0 Å². The second-order valence-corrected chi connectivity index (χ2v) is 4.73. The number of carboxylic acids is 1. The van der Waals surface area contributed by atoms with E-state index in [1.54, 1.807) is 6.92 Å². The number of hydrogen-bond acceptors (Lipinski definition) is 3. The van der Waals surface area contributed by atoms with E-state index in [1.807, 2.05) is 48.5 Å². The Balaban J connectivity index is 2.30. The molecular weight excluding hydrogens is 252 g/mol. The van der Waals surface area contributed by atoms with Crippen LogP contribution in [-0.4, -0.2) is 22.1 Å². The smallest absolute Gasteiger partial charge is 0.325 e. The van der Waals surface area contributed by atoms with Gasteiger partial charge in [-0.15, -0.1) is 0 Å². The minimum absolute atomic E-state index is 0.663. The first-order valence-corrected chi connectivity index (χ1v) is 6.43. The van der Waals surface area contributed by atoms with Crippen LogP contribution in [0.2, 0.25) is 0 Å². The van der Waals surface area contributed by atoms with Crippen LogP contribution < -0.4 is 5.32 Å². The fourth-order valence-corrected chi connectivity index (χ4v) is 2.27. The normalized spacial score (nSPS) is 12.4. The van der Waals surface area contributed by atoms with Crippen LogP contribution in [0.15, 0.2) is 48.5 Å². The van der Waals surface area contributed by atoms with Gasteiger partial charge in [-0.1, -0.05) is 36.4 Å². The van der Waals surface area contributed by atoms with E-state index < -0.39 is 12.0 Å². The molecular formula is C16H14N2O2. The largest absolute Gasteiger partial charge is 0.480 e. The summed E-state index contributed by atoms with van der Waals surface area (Å²) in [5.74, 6) is -0.880. The standard InChI is InChI=1S/C16H14N2O2/c1-10(16(19)20)17-15-11-6-2-4-8-13(11)18-14-9-5-3-7-12(14)15/h2-10H,1H3,(H,17,18)(H,19,20)/t10-/m0/s1. The topological polar surface area (TPSA) is 62.2 Å². The second-order valence-electron chi connectivity index (χ2n) is 4.73. The molecule has 0 saturated carbocycles. The monoisotopic (exact) mass is 266 g/mol. The number of carboxylic acid groups (broad SMARTS) is 1. The predicted molar refractivity (Wildman–Crippen MR) is 80.0 cm³/mol. The van der Waals surface area contributed by atoms with Gasteiger partial charge in [0.15, 0.2) is 0 Å². The van der Waals surface area contributed by atoms with Gasteiger partial charge in [-0.05, 0) is 19.1 Å². The Labute approximate surface area is 116 Å². The third kappa shape index (κ3) is 2.05. The zero-order chi connectivity index (χ0) is 14.1. The fourth-order valence-electron chi connectivity index (χ4n) is 2.27. The lowest BCUT2D eigenvalue weighted by atomic mass is 10.1. The average Bonchev–Trinajstić information content (AvgIpc) is 2.46. The van der Waals surface area contributed by atoms with Crippen molar-refractivity contribution >= 4 is 33.5 Å². The lowest BCUT2D eigenvalue weighted by Crippen LogP contribution is -2.25. The van der Waals surface area contributed by atoms with E-state index in [2.05, 4.69) is 10.3 Å². The Kier molecular flexibility index (Phi) is 2.99. The van der Waals surface area contributed by atoms with Crippen molar-refractivity contribution in [3.05, 3.63) is 48.5 Å². The Morgan fingerprint density at radius 3 is 2.05 bits per heavy atom. The minimum Gasteiger partial charge on any atom is -0.480 e. The van der Waals surface area contributed by atoms with Crippen molar-refractivity contribution in [1.82, 2.24) is 4.98 Å². The molecule has 0 aliphatic carbocycles. The molecule has 2 aromatic carbocycles. The number of benzene rings is 2. The zero-order valence-corrected chi connectivity index (χ0v) is 11.0. The van der Waals surface area contributed by atoms with Crippen LogP contribution in [0.25, 0.3) is 21.8 Å². The van der Waals surface area contributed by atoms with Crippen molar-refractivity contribution in [3.63, 3.8) is 0 Å². The zero-order valence-electron chi connectivity index (χ0n) is 11.0. The number of pyridine rings is 1. The summed E-state index contributed by atoms with van der Waals surface area (Å²) < 4.78 is 0. The van der Waals surface area contributed by atoms with Gasteiger partial charge in [0.05, 0.1) is 16.7 Å². The molecule has 0 saturated heterocycles. The summed E-state index contributed by atoms with van der Waals surface area (Å²) >= 11 is 0. The Hall–Kier alpha value is -2.62. The summed E-state index contributed by atoms with van der Waals surface area (Å²) in [6.07, 6.45) is 0. The fraction of sp³-hybridized carbons (Fsp3) is 0.125. The van der Waals surface area contributed by atoms with Gasteiger partial charge in [0.1, 0.15) is 6.04 Å². The summed E-state index contributed by atoms with van der Waals surface area (Å²) in [7, 11) is 0. The molecule has 0 amide bonds. The molecule has 1 aromatic heterocycles. The molecule has 4 nitrogen and oxygen atoms in total. The van der Waals surface area contributed by atoms with E-state index in [-0.39, 0.29) is 0 Å². The second kappa shape index (κ2) is 4.81. The maximum absolute atomic E-state index is 11.1. The molecule has 100 valence electrons. The molecule has 0 aliphatic heterocycles. The van der Waals surface area contributed by atoms with Gasteiger partial charge < -0.3 is 10.4 Å². The molecule has 3 aromatic rings. The third-order valence-electron chi connectivity index (χ3n) is 3.32. The summed E-state index contributed by atoms with van der Waals surface area (Å²) in [4.78, 5) is 15.7. The van der Waals surface area contributed by atoms with Crippen LogP contribution in [0.4, 0.5) is 5.69 Å². The number of para-hydroxylation sites is 2. The van der Waals surface area contributed by atoms with Crippen LogP contribution in [-0.2, 0) is 4.79 Å². The molecule has 20 heavy (non-hydrogen) atoms. The number of carbonyl (C=O) groups is 1. The molecule has 1 heterocycles. The molecule has 0 aliphatic rings. The lowest BCUT2D eigenvalue weighted by molar-refractivity contribution is -0.137. The van der Waals surface area contributed by atoms with E-state index in [0.717, 1.165) is 27.5 Å². The van der Waals surface area contributed by atoms with Gasteiger partial charge in [-0.25, -0.2) is 4.98 Å². The van der Waals surface area contributed by atoms with E-state index >= 15 is 0 Å². The quantitative estimate of drug-likeness (QED) is 0.714. The first kappa shape index (κ1) is 12.4. The predicted octanol–water partition coefficient (Wildman–Crippen LogP) is 3.27. The minimum atomic E-state index is -0.880. The Morgan fingerprint density at radius 1 is 1.05 bits per heavy atom. The molecule has 0 fully saturated rings. The van der Waals surface area contributed by atoms with Gasteiger partial charge in [0.25, 0.3) is 0 Å². The molecule has 0 bridgehead atoms. The van der Waals surface area contributed by atoms with Crippen molar-refractivity contribution < 1.29 is 9.90 Å². The van der Waals surface area contributed by atoms with Crippen molar-refractivity contribution in [2.24, 2.45) is 0 Å². The molecule has 0 unspecified atom stereocenters.